The maximum absolute atomic E-state index is 10.6. The van der Waals surface area contributed by atoms with Crippen molar-refractivity contribution in [2.45, 2.75) is 123 Å². The molecule has 51 nitrogen and oxygen atoms in total. The average molecular weight is 1510 g/mol. The van der Waals surface area contributed by atoms with Crippen LogP contribution in [0.1, 0.15) is 25.7 Å². The van der Waals surface area contributed by atoms with Gasteiger partial charge in [0.2, 0.25) is 41.6 Å². The van der Waals surface area contributed by atoms with Gasteiger partial charge in [-0.05, 0) is 0 Å². The summed E-state index contributed by atoms with van der Waals surface area (Å²) in [5.74, 6) is -2.87. The Kier molecular flexibility index (Phi) is 46.5. The number of carboxylic acids is 2. The number of rotatable bonds is 22. The predicted octanol–water partition coefficient (Wildman–Crippen LogP) is -19.2. The molecule has 0 saturated carbocycles. The minimum Gasteiger partial charge on any atom is -0.750 e. The van der Waals surface area contributed by atoms with Gasteiger partial charge in [0, 0.05) is 39.9 Å². The summed E-state index contributed by atoms with van der Waals surface area (Å²) >= 11 is -3.01. The molecule has 11 unspecified atom stereocenters. The predicted molar refractivity (Wildman–Crippen MR) is 266 cm³/mol. The molecule has 5 aliphatic rings. The van der Waals surface area contributed by atoms with E-state index in [0.717, 1.165) is 14.2 Å². The van der Waals surface area contributed by atoms with Crippen molar-refractivity contribution in [2.75, 3.05) is 67.1 Å². The number of aliphatic hydroxyl groups excluding tert-OH is 6. The molecule has 91 heavy (non-hydrogen) atoms. The molecule has 59 heteroatoms. The van der Waals surface area contributed by atoms with Crippen molar-refractivity contribution >= 4 is 95.8 Å². The van der Waals surface area contributed by atoms with Gasteiger partial charge in [0.1, 0.15) is 30.5 Å². The van der Waals surface area contributed by atoms with Crippen molar-refractivity contribution in [1.29, 1.82) is 0 Å². The first kappa shape index (κ1) is 97.1. The van der Waals surface area contributed by atoms with Gasteiger partial charge in [-0.25, -0.2) is 77.3 Å². The normalized spacial score (nSPS) is 29.9. The van der Waals surface area contributed by atoms with Gasteiger partial charge in [0.25, 0.3) is 0 Å². The lowest BCUT2D eigenvalue weighted by Crippen LogP contribution is -2.60. The van der Waals surface area contributed by atoms with E-state index >= 15 is 0 Å². The van der Waals surface area contributed by atoms with E-state index in [0.29, 0.717) is 0 Å². The van der Waals surface area contributed by atoms with Gasteiger partial charge in [0.05, 0.1) is 143 Å². The zero-order chi connectivity index (χ0) is 67.9. The Morgan fingerprint density at radius 3 is 1.24 bits per heavy atom. The molecule has 0 aliphatic carbocycles. The van der Waals surface area contributed by atoms with E-state index in [1.807, 2.05) is 0 Å². The van der Waals surface area contributed by atoms with E-state index in [2.05, 4.69) is 30.4 Å². The summed E-state index contributed by atoms with van der Waals surface area (Å²) in [7, 11) is -32.0. The standard InChI is InChI=1S/C7H15NO10S2.C6H13NO11S3.C6H13NO9S2.C6H10O8S.C6H10O5.CH4O.4H2O/c1-16-7-5(3-18-20(13,14)15)17-2-4(6(7)9)8-19(10,11)12;8-19(9)18-6-1-4(2-17-21(13,14)15)16-3-5(6)7-20(10,11)12;8-6-1-4(2-16-18(12,13)14)15-3-5(6)7-17(9,10)11;7-3-1-4(6(8)9)13-2-5(3)14-15(10,11)12;7-3-1-5(6(9)10)11-2-4(3)8;1-2;;;;/h4-9H,2-3H2,1H3,(H,10,11,12)(H,13,14,15);4-7H,1-3H2,(H,8,9)(H,10,11,12)(H,13,14,15);4-8H,1-3H2,(H,9,10,11)(H,12,13,14);3-5,7H,1-2H2,(H,8,9)(H,10,11,12);3-5,7-8H,1-2H2,(H,9,10);2H,1H3;4*1H2/p-10/t4?,5?,6-,7+;2*4?,5?,6-;2*3-,4?,5?;;;;;/m01111...../s1. The summed E-state index contributed by atoms with van der Waals surface area (Å²) in [5, 5.41) is 74.0. The van der Waals surface area contributed by atoms with Crippen LogP contribution in [-0.4, -0.2) is 329 Å². The summed E-state index contributed by atoms with van der Waals surface area (Å²) in [6.45, 7) is -3.88. The molecule has 5 fully saturated rings. The Bertz CT molecular complexity index is 2940. The lowest BCUT2D eigenvalue weighted by molar-refractivity contribution is -0.322. The molecule has 0 bridgehead atoms. The van der Waals surface area contributed by atoms with Gasteiger partial charge in [-0.15, -0.1) is 0 Å². The summed E-state index contributed by atoms with van der Waals surface area (Å²) in [6.07, 6.45) is -16.4. The third kappa shape index (κ3) is 45.5. The van der Waals surface area contributed by atoms with E-state index < -0.39 is 233 Å². The van der Waals surface area contributed by atoms with Crippen LogP contribution >= 0.6 is 0 Å². The van der Waals surface area contributed by atoms with Crippen LogP contribution in [0.3, 0.4) is 0 Å². The van der Waals surface area contributed by atoms with Gasteiger partial charge < -0.3 is 137 Å². The highest BCUT2D eigenvalue weighted by molar-refractivity contribution is 7.84. The molecular formula is C32H63N3O48S8-10. The van der Waals surface area contributed by atoms with Crippen molar-refractivity contribution in [2.24, 2.45) is 0 Å². The van der Waals surface area contributed by atoms with Gasteiger partial charge in [0.15, 0.2) is 30.9 Å². The van der Waals surface area contributed by atoms with Crippen molar-refractivity contribution in [3.8, 4) is 0 Å². The quantitative estimate of drug-likeness (QED) is 0.0276. The summed E-state index contributed by atoms with van der Waals surface area (Å²) < 4.78 is 293. The average Bonchev–Trinajstić information content (AvgIpc) is 1.48. The number of aliphatic hydroxyl groups is 6. The fourth-order valence-corrected chi connectivity index (χ4v) is 10.5. The fourth-order valence-electron chi connectivity index (χ4n) is 6.89. The Morgan fingerprint density at radius 2 is 0.868 bits per heavy atom. The number of aliphatic carboxylic acids is 2. The van der Waals surface area contributed by atoms with Crippen molar-refractivity contribution in [1.82, 2.24) is 14.2 Å². The third-order valence-corrected chi connectivity index (χ3v) is 14.5. The molecule has 5 heterocycles. The first-order valence-corrected chi connectivity index (χ1v) is 33.3. The highest BCUT2D eigenvalue weighted by Gasteiger charge is 2.41. The SMILES string of the molecule is CO.CO[C@@H]1C(COS(=O)(=O)[O-])OCC(NS(=O)(=O)[O-])[C@@H]1O.O.O.O.O.O=C([O-])C1C[C@@H](O)C(O)CO1.O=C([O-])C1C[C@@H](O)C(OS(=O)(=O)[O-])CO1.O=S(=O)([O-])NC1COC(COS(=O)(=O)[O-])C[C@H]1O.O=S([O-])O[C@@H]1CC(COS(=O)(=O)[O-])OCC1NS(=O)(=O)[O-]. The molecule has 17 N–H and O–H groups in total. The Morgan fingerprint density at radius 1 is 0.484 bits per heavy atom. The molecule has 5 saturated heterocycles. The van der Waals surface area contributed by atoms with E-state index in [1.54, 1.807) is 14.2 Å². The zero-order valence-electron chi connectivity index (χ0n) is 45.7. The van der Waals surface area contributed by atoms with Crippen molar-refractivity contribution in [3.05, 3.63) is 0 Å². The smallest absolute Gasteiger partial charge is 0.218 e. The van der Waals surface area contributed by atoms with Crippen molar-refractivity contribution in [3.63, 3.8) is 0 Å². The highest BCUT2D eigenvalue weighted by Crippen LogP contribution is 2.23. The molecular weight excluding hydrogens is 1450 g/mol. The molecule has 0 aromatic carbocycles. The van der Waals surface area contributed by atoms with Crippen LogP contribution in [0.5, 0.6) is 0 Å². The molecule has 0 aromatic rings. The lowest BCUT2D eigenvalue weighted by atomic mass is 9.99. The maximum Gasteiger partial charge on any atom is 0.218 e. The molecule has 552 valence electrons. The number of carbonyl (C=O) groups excluding carboxylic acids is 2. The minimum atomic E-state index is -4.96. The topological polar surface area (TPSA) is 906 Å². The van der Waals surface area contributed by atoms with E-state index in [9.17, 15) is 135 Å². The van der Waals surface area contributed by atoms with Gasteiger partial charge >= 0.3 is 0 Å². The van der Waals surface area contributed by atoms with Crippen LogP contribution in [0.2, 0.25) is 0 Å². The van der Waals surface area contributed by atoms with E-state index in [1.165, 1.54) is 0 Å². The number of ether oxygens (including phenoxy) is 6. The molecule has 0 radical (unpaired) electrons. The number of hydrogen-bond acceptors (Lipinski definition) is 44. The number of carboxylic acid groups (broad SMARTS) is 2. The first-order valence-electron chi connectivity index (χ1n) is 22.7. The number of carbonyl (C=O) groups is 2. The van der Waals surface area contributed by atoms with Crippen LogP contribution in [0.15, 0.2) is 0 Å². The monoisotopic (exact) mass is 1510 g/mol. The van der Waals surface area contributed by atoms with Crippen LogP contribution < -0.4 is 24.4 Å². The van der Waals surface area contributed by atoms with E-state index in [4.69, 9.17) is 34.3 Å². The molecule has 0 amide bonds. The summed E-state index contributed by atoms with van der Waals surface area (Å²) in [5.41, 5.74) is 0. The molecule has 5 rings (SSSR count). The number of nitrogens with one attached hydrogen (secondary N) is 3. The highest BCUT2D eigenvalue weighted by atomic mass is 32.3. The molecule has 5 aliphatic heterocycles. The largest absolute Gasteiger partial charge is 0.750 e. The first-order chi connectivity index (χ1) is 39.5. The summed E-state index contributed by atoms with van der Waals surface area (Å²) in [4.78, 5) is 20.5. The third-order valence-electron chi connectivity index (χ3n) is 10.6. The second-order valence-electron chi connectivity index (χ2n) is 17.0. The summed E-state index contributed by atoms with van der Waals surface area (Å²) in [6, 6.07) is -3.67. The fraction of sp³-hybridized carbons (Fsp3) is 0.938. The molecule has 0 aromatic heterocycles. The Labute approximate surface area is 519 Å². The Balaban J connectivity index is -0.000000337. The van der Waals surface area contributed by atoms with Gasteiger partial charge in [-0.1, -0.05) is 0 Å². The van der Waals surface area contributed by atoms with Crippen LogP contribution in [0.25, 0.3) is 0 Å². The van der Waals surface area contributed by atoms with E-state index in [-0.39, 0.29) is 60.8 Å². The second kappa shape index (κ2) is 43.6. The van der Waals surface area contributed by atoms with Crippen LogP contribution in [0.4, 0.5) is 0 Å². The number of hydrogen-bond donors (Lipinski definition) is 9. The van der Waals surface area contributed by atoms with Gasteiger partial charge in [-0.2, -0.15) is 0 Å². The second-order valence-corrected chi connectivity index (χ2v) is 25.2. The zero-order valence-corrected chi connectivity index (χ0v) is 52.2. The van der Waals surface area contributed by atoms with Crippen LogP contribution in [-0.2, 0) is 143 Å². The van der Waals surface area contributed by atoms with Gasteiger partial charge in [-0.3, -0.25) is 20.9 Å². The number of methoxy groups -OCH3 is 1. The maximum atomic E-state index is 10.6. The lowest BCUT2D eigenvalue weighted by Gasteiger charge is -2.39. The minimum absolute atomic E-state index is 0. The van der Waals surface area contributed by atoms with Crippen molar-refractivity contribution < 1.29 is 221 Å². The molecule has 0 spiro atoms. The molecule has 17 atom stereocenters. The Hall–Kier alpha value is -2.54. The van der Waals surface area contributed by atoms with Crippen LogP contribution in [0, 0.1) is 0 Å².